The summed E-state index contributed by atoms with van der Waals surface area (Å²) in [4.78, 5) is 32.4. The molecule has 33 heavy (non-hydrogen) atoms. The maximum atomic E-state index is 13.5. The molecule has 0 radical (unpaired) electrons. The van der Waals surface area contributed by atoms with Crippen LogP contribution in [0.15, 0.2) is 11.6 Å². The van der Waals surface area contributed by atoms with Crippen LogP contribution in [-0.4, -0.2) is 61.4 Å². The lowest BCUT2D eigenvalue weighted by Crippen LogP contribution is -2.61. The number of rotatable bonds is 11. The first-order valence-corrected chi connectivity index (χ1v) is 13.9. The van der Waals surface area contributed by atoms with Crippen molar-refractivity contribution in [2.75, 3.05) is 19.4 Å². The van der Waals surface area contributed by atoms with Gasteiger partial charge in [-0.15, -0.1) is 4.41 Å². The quantitative estimate of drug-likeness (QED) is 0.355. The molecule has 1 aliphatic carbocycles. The summed E-state index contributed by atoms with van der Waals surface area (Å²) >= 11 is 0. The molecule has 1 saturated heterocycles. The van der Waals surface area contributed by atoms with Gasteiger partial charge in [0.25, 0.3) is 5.91 Å². The highest BCUT2D eigenvalue weighted by molar-refractivity contribution is 7.88. The summed E-state index contributed by atoms with van der Waals surface area (Å²) < 4.78 is 32.3. The molecule has 1 N–H and O–H groups in total. The molecular weight excluding hydrogens is 446 g/mol. The molecule has 0 aromatic rings. The number of hydrogen-bond acceptors (Lipinski definition) is 6. The lowest BCUT2D eigenvalue weighted by Gasteiger charge is -2.41. The molecule has 1 heterocycles. The van der Waals surface area contributed by atoms with Crippen molar-refractivity contribution < 1.29 is 27.6 Å². The maximum absolute atomic E-state index is 13.5. The van der Waals surface area contributed by atoms with E-state index in [0.717, 1.165) is 54.8 Å². The lowest BCUT2D eigenvalue weighted by atomic mass is 9.96. The third-order valence-corrected chi connectivity index (χ3v) is 6.98. The van der Waals surface area contributed by atoms with E-state index in [1.54, 1.807) is 6.08 Å². The molecule has 2 fully saturated rings. The van der Waals surface area contributed by atoms with Gasteiger partial charge in [0.15, 0.2) is 6.29 Å². The van der Waals surface area contributed by atoms with Crippen LogP contribution in [-0.2, 0) is 29.2 Å². The van der Waals surface area contributed by atoms with Crippen molar-refractivity contribution in [2.24, 2.45) is 11.8 Å². The number of sulfonamides is 1. The number of hydrazine groups is 1. The maximum Gasteiger partial charge on any atom is 0.268 e. The fourth-order valence-corrected chi connectivity index (χ4v) is 5.37. The molecule has 1 aliphatic heterocycles. The van der Waals surface area contributed by atoms with Crippen LogP contribution in [0.2, 0.25) is 0 Å². The van der Waals surface area contributed by atoms with Gasteiger partial charge in [-0.2, -0.15) is 0 Å². The third kappa shape index (κ3) is 8.66. The average Bonchev–Trinajstić information content (AvgIpc) is 3.26. The second kappa shape index (κ2) is 12.8. The van der Waals surface area contributed by atoms with Crippen LogP contribution in [0.4, 0.5) is 0 Å². The number of nitrogens with one attached hydrogen (secondary N) is 1. The van der Waals surface area contributed by atoms with E-state index in [9.17, 15) is 18.0 Å². The van der Waals surface area contributed by atoms with Gasteiger partial charge in [0, 0.05) is 26.0 Å². The number of allylic oxidation sites excluding steroid dienone is 1. The standard InChI is InChI=1S/C23H41N3O6S/c1-17(2)13-14-20(27)26(25(16-18(3)4)33(5,29)30)22(19-10-6-7-11-19)23(28)24-32-21-12-8-9-15-31-21/h13,18-19,21-22H,6-12,14-16H2,1-5H3,(H,24,28)/t21-,22+/m0/s1. The van der Waals surface area contributed by atoms with Gasteiger partial charge in [0.1, 0.15) is 6.04 Å². The van der Waals surface area contributed by atoms with Gasteiger partial charge in [0.2, 0.25) is 15.9 Å². The Kier molecular flexibility index (Phi) is 10.8. The minimum absolute atomic E-state index is 0.00947. The molecule has 2 amide bonds. The molecule has 2 aliphatic rings. The molecule has 2 rings (SSSR count). The fourth-order valence-electron chi connectivity index (χ4n) is 4.29. The average molecular weight is 488 g/mol. The van der Waals surface area contributed by atoms with E-state index >= 15 is 0 Å². The molecule has 0 spiro atoms. The summed E-state index contributed by atoms with van der Waals surface area (Å²) in [5, 5.41) is 1.19. The lowest BCUT2D eigenvalue weighted by molar-refractivity contribution is -0.205. The Morgan fingerprint density at radius 1 is 1.12 bits per heavy atom. The monoisotopic (exact) mass is 487 g/mol. The molecule has 9 nitrogen and oxygen atoms in total. The highest BCUT2D eigenvalue weighted by Gasteiger charge is 2.43. The normalized spacial score (nSPS) is 20.6. The zero-order valence-corrected chi connectivity index (χ0v) is 21.5. The Labute approximate surface area is 198 Å². The van der Waals surface area contributed by atoms with Gasteiger partial charge < -0.3 is 4.74 Å². The van der Waals surface area contributed by atoms with Gasteiger partial charge in [-0.25, -0.2) is 23.7 Å². The van der Waals surface area contributed by atoms with Gasteiger partial charge in [-0.1, -0.05) is 38.3 Å². The molecule has 190 valence electrons. The van der Waals surface area contributed by atoms with Gasteiger partial charge >= 0.3 is 0 Å². The van der Waals surface area contributed by atoms with E-state index in [-0.39, 0.29) is 24.8 Å². The van der Waals surface area contributed by atoms with Crippen LogP contribution in [0.3, 0.4) is 0 Å². The minimum Gasteiger partial charge on any atom is -0.350 e. The molecule has 10 heteroatoms. The number of carbonyl (C=O) groups is 2. The van der Waals surface area contributed by atoms with E-state index in [4.69, 9.17) is 9.57 Å². The minimum atomic E-state index is -3.81. The molecule has 2 atom stereocenters. The van der Waals surface area contributed by atoms with E-state index in [1.807, 2.05) is 27.7 Å². The number of ether oxygens (including phenoxy) is 1. The molecule has 1 saturated carbocycles. The summed E-state index contributed by atoms with van der Waals surface area (Å²) in [5.74, 6) is -1.15. The summed E-state index contributed by atoms with van der Waals surface area (Å²) in [7, 11) is -3.81. The van der Waals surface area contributed by atoms with Crippen LogP contribution in [0.25, 0.3) is 0 Å². The number of carbonyl (C=O) groups excluding carboxylic acids is 2. The molecule has 0 unspecified atom stereocenters. The highest BCUT2D eigenvalue weighted by atomic mass is 32.2. The second-order valence-corrected chi connectivity index (χ2v) is 11.6. The first-order chi connectivity index (χ1) is 15.5. The smallest absolute Gasteiger partial charge is 0.268 e. The van der Waals surface area contributed by atoms with Crippen molar-refractivity contribution in [2.45, 2.75) is 91.4 Å². The fraction of sp³-hybridized carbons (Fsp3) is 0.826. The molecule has 0 bridgehead atoms. The first-order valence-electron chi connectivity index (χ1n) is 12.0. The van der Waals surface area contributed by atoms with E-state index in [2.05, 4.69) is 5.48 Å². The summed E-state index contributed by atoms with van der Waals surface area (Å²) in [6, 6.07) is -0.984. The van der Waals surface area contributed by atoms with Gasteiger partial charge in [0.05, 0.1) is 6.26 Å². The SMILES string of the molecule is CC(C)=CCC(=O)N([C@@H](C(=O)NO[C@H]1CCCCO1)C1CCCC1)N(CC(C)C)S(C)(=O)=O. The Morgan fingerprint density at radius 3 is 2.27 bits per heavy atom. The van der Waals surface area contributed by atoms with Crippen molar-refractivity contribution in [3.05, 3.63) is 11.6 Å². The number of hydroxylamine groups is 1. The predicted octanol–water partition coefficient (Wildman–Crippen LogP) is 3.14. The Morgan fingerprint density at radius 2 is 1.76 bits per heavy atom. The van der Waals surface area contributed by atoms with Crippen molar-refractivity contribution >= 4 is 21.8 Å². The summed E-state index contributed by atoms with van der Waals surface area (Å²) in [5.41, 5.74) is 3.44. The van der Waals surface area contributed by atoms with E-state index in [0.29, 0.717) is 13.0 Å². The predicted molar refractivity (Wildman–Crippen MR) is 126 cm³/mol. The zero-order valence-electron chi connectivity index (χ0n) is 20.7. The van der Waals surface area contributed by atoms with Crippen LogP contribution in [0.5, 0.6) is 0 Å². The van der Waals surface area contributed by atoms with Crippen LogP contribution in [0, 0.1) is 11.8 Å². The molecular formula is C23H41N3O6S. The van der Waals surface area contributed by atoms with Crippen molar-refractivity contribution in [1.82, 2.24) is 14.9 Å². The number of hydrogen-bond donors (Lipinski definition) is 1. The zero-order chi connectivity index (χ0) is 24.6. The van der Waals surface area contributed by atoms with Crippen molar-refractivity contribution in [1.29, 1.82) is 0 Å². The number of nitrogens with zero attached hydrogens (tertiary/aromatic N) is 2. The first kappa shape index (κ1) is 27.8. The van der Waals surface area contributed by atoms with Gasteiger partial charge in [-0.05, 0) is 51.4 Å². The second-order valence-electron chi connectivity index (χ2n) is 9.76. The van der Waals surface area contributed by atoms with Gasteiger partial charge in [-0.3, -0.25) is 9.59 Å². The molecule has 0 aromatic carbocycles. The number of amides is 2. The Bertz CT molecular complexity index is 782. The molecule has 0 aromatic heterocycles. The topological polar surface area (TPSA) is 105 Å². The Hall–Kier alpha value is -1.49. The van der Waals surface area contributed by atoms with E-state index in [1.165, 1.54) is 5.01 Å². The summed E-state index contributed by atoms with van der Waals surface area (Å²) in [6.45, 7) is 8.17. The van der Waals surface area contributed by atoms with Crippen LogP contribution < -0.4 is 5.48 Å². The third-order valence-electron chi connectivity index (χ3n) is 5.89. The van der Waals surface area contributed by atoms with E-state index < -0.39 is 34.2 Å². The largest absolute Gasteiger partial charge is 0.350 e. The van der Waals surface area contributed by atoms with Crippen LogP contribution >= 0.6 is 0 Å². The summed E-state index contributed by atoms with van der Waals surface area (Å²) in [6.07, 6.45) is 8.19. The van der Waals surface area contributed by atoms with Crippen molar-refractivity contribution in [3.8, 4) is 0 Å². The highest BCUT2D eigenvalue weighted by Crippen LogP contribution is 2.32. The van der Waals surface area contributed by atoms with Crippen LogP contribution in [0.1, 0.15) is 79.1 Å². The van der Waals surface area contributed by atoms with Crippen molar-refractivity contribution in [3.63, 3.8) is 0 Å². The Balaban J connectivity index is 2.40.